The lowest BCUT2D eigenvalue weighted by molar-refractivity contribution is 0.0779. The van der Waals surface area contributed by atoms with E-state index < -0.39 is 9.84 Å². The summed E-state index contributed by atoms with van der Waals surface area (Å²) in [5.74, 6) is 0.214. The highest BCUT2D eigenvalue weighted by molar-refractivity contribution is 7.91. The van der Waals surface area contributed by atoms with Crippen molar-refractivity contribution in [2.24, 2.45) is 0 Å². The molecule has 2 aromatic rings. The van der Waals surface area contributed by atoms with Gasteiger partial charge in [-0.05, 0) is 24.1 Å². The van der Waals surface area contributed by atoms with Crippen LogP contribution in [0.2, 0.25) is 0 Å². The van der Waals surface area contributed by atoms with E-state index in [0.29, 0.717) is 18.7 Å². The van der Waals surface area contributed by atoms with E-state index in [1.807, 2.05) is 30.3 Å². The Balaban J connectivity index is 1.60. The maximum Gasteiger partial charge on any atom is 0.272 e. The number of sulfone groups is 1. The van der Waals surface area contributed by atoms with Gasteiger partial charge in [0, 0.05) is 19.6 Å². The maximum atomic E-state index is 12.5. The summed E-state index contributed by atoms with van der Waals surface area (Å²) in [6, 6.07) is 13.1. The van der Waals surface area contributed by atoms with Gasteiger partial charge in [-0.15, -0.1) is 0 Å². The summed E-state index contributed by atoms with van der Waals surface area (Å²) in [6.45, 7) is 0.515. The van der Waals surface area contributed by atoms with Crippen molar-refractivity contribution in [2.75, 3.05) is 23.9 Å². The molecule has 1 aliphatic heterocycles. The Kier molecular flexibility index (Phi) is 5.03. The molecule has 0 radical (unpaired) electrons. The third kappa shape index (κ3) is 4.57. The fourth-order valence-electron chi connectivity index (χ4n) is 2.87. The number of hydrogen-bond acceptors (Lipinski definition) is 5. The smallest absolute Gasteiger partial charge is 0.272 e. The highest BCUT2D eigenvalue weighted by Gasteiger charge is 2.27. The molecule has 1 aromatic heterocycles. The molecule has 0 saturated carbocycles. The standard InChI is InChI=1S/C18H21N3O3S/c1-21(12-14-5-3-2-4-6-14)18(22)17-8-7-15(11-19-17)20-16-9-10-25(23,24)13-16/h2-8,11,16,20H,9-10,12-13H2,1H3. The first-order valence-corrected chi connectivity index (χ1v) is 9.97. The highest BCUT2D eigenvalue weighted by Crippen LogP contribution is 2.17. The van der Waals surface area contributed by atoms with E-state index in [4.69, 9.17) is 0 Å². The first kappa shape index (κ1) is 17.4. The van der Waals surface area contributed by atoms with Crippen LogP contribution < -0.4 is 5.32 Å². The van der Waals surface area contributed by atoms with E-state index in [9.17, 15) is 13.2 Å². The number of pyridine rings is 1. The Morgan fingerprint density at radius 2 is 2.00 bits per heavy atom. The van der Waals surface area contributed by atoms with Crippen LogP contribution in [0.5, 0.6) is 0 Å². The van der Waals surface area contributed by atoms with Crippen molar-refractivity contribution >= 4 is 21.4 Å². The summed E-state index contributed by atoms with van der Waals surface area (Å²) in [5, 5.41) is 3.17. The molecule has 1 unspecified atom stereocenters. The van der Waals surface area contributed by atoms with Gasteiger partial charge in [0.1, 0.15) is 5.69 Å². The zero-order valence-corrected chi connectivity index (χ0v) is 14.9. The molecular weight excluding hydrogens is 338 g/mol. The number of nitrogens with zero attached hydrogens (tertiary/aromatic N) is 2. The SMILES string of the molecule is CN(Cc1ccccc1)C(=O)c1ccc(NC2CCS(=O)(=O)C2)cn1. The zero-order valence-electron chi connectivity index (χ0n) is 14.1. The Morgan fingerprint density at radius 1 is 1.24 bits per heavy atom. The summed E-state index contributed by atoms with van der Waals surface area (Å²) < 4.78 is 23.0. The lowest BCUT2D eigenvalue weighted by Gasteiger charge is -2.17. The number of rotatable bonds is 5. The molecule has 1 amide bonds. The Labute approximate surface area is 147 Å². The van der Waals surface area contributed by atoms with Gasteiger partial charge in [-0.3, -0.25) is 4.79 Å². The normalized spacial score (nSPS) is 18.7. The van der Waals surface area contributed by atoms with Crippen LogP contribution in [0.25, 0.3) is 0 Å². The fourth-order valence-corrected chi connectivity index (χ4v) is 4.55. The topological polar surface area (TPSA) is 79.4 Å². The molecule has 0 bridgehead atoms. The lowest BCUT2D eigenvalue weighted by Crippen LogP contribution is -2.27. The monoisotopic (exact) mass is 359 g/mol. The number of amides is 1. The molecule has 1 fully saturated rings. The van der Waals surface area contributed by atoms with Gasteiger partial charge in [0.15, 0.2) is 9.84 Å². The van der Waals surface area contributed by atoms with Crippen molar-refractivity contribution < 1.29 is 13.2 Å². The predicted molar refractivity (Wildman–Crippen MR) is 97.2 cm³/mol. The van der Waals surface area contributed by atoms with E-state index in [0.717, 1.165) is 11.3 Å². The molecule has 3 rings (SSSR count). The average molecular weight is 359 g/mol. The predicted octanol–water partition coefficient (Wildman–Crippen LogP) is 1.95. The summed E-state index contributed by atoms with van der Waals surface area (Å²) >= 11 is 0. The second kappa shape index (κ2) is 7.23. The van der Waals surface area contributed by atoms with E-state index >= 15 is 0 Å². The molecule has 1 N–H and O–H groups in total. The summed E-state index contributed by atoms with van der Waals surface area (Å²) in [6.07, 6.45) is 2.18. The van der Waals surface area contributed by atoms with Gasteiger partial charge >= 0.3 is 0 Å². The molecule has 0 aliphatic carbocycles. The van der Waals surface area contributed by atoms with Crippen molar-refractivity contribution in [3.05, 3.63) is 59.9 Å². The number of hydrogen-bond donors (Lipinski definition) is 1. The van der Waals surface area contributed by atoms with Crippen molar-refractivity contribution in [1.29, 1.82) is 0 Å². The second-order valence-corrected chi connectivity index (χ2v) is 8.55. The van der Waals surface area contributed by atoms with Crippen LogP contribution in [0.15, 0.2) is 48.7 Å². The molecule has 1 saturated heterocycles. The number of nitrogens with one attached hydrogen (secondary N) is 1. The number of carbonyl (C=O) groups is 1. The molecule has 2 heterocycles. The minimum Gasteiger partial charge on any atom is -0.380 e. The summed E-state index contributed by atoms with van der Waals surface area (Å²) in [4.78, 5) is 18.3. The van der Waals surface area contributed by atoms with E-state index in [1.165, 1.54) is 0 Å². The van der Waals surface area contributed by atoms with Crippen molar-refractivity contribution in [3.63, 3.8) is 0 Å². The van der Waals surface area contributed by atoms with Gasteiger partial charge in [0.05, 0.1) is 23.4 Å². The summed E-state index contributed by atoms with van der Waals surface area (Å²) in [5.41, 5.74) is 2.14. The van der Waals surface area contributed by atoms with E-state index in [2.05, 4.69) is 10.3 Å². The molecule has 1 aromatic carbocycles. The number of benzene rings is 1. The Hall–Kier alpha value is -2.41. The van der Waals surface area contributed by atoms with Gasteiger partial charge in [0.25, 0.3) is 5.91 Å². The fraction of sp³-hybridized carbons (Fsp3) is 0.333. The van der Waals surface area contributed by atoms with Crippen LogP contribution in [0.1, 0.15) is 22.5 Å². The highest BCUT2D eigenvalue weighted by atomic mass is 32.2. The van der Waals surface area contributed by atoms with E-state index in [1.54, 1.807) is 30.3 Å². The minimum absolute atomic E-state index is 0.0888. The number of carbonyl (C=O) groups excluding carboxylic acids is 1. The molecule has 1 aliphatic rings. The molecule has 7 heteroatoms. The average Bonchev–Trinajstić information content (AvgIpc) is 2.94. The maximum absolute atomic E-state index is 12.5. The van der Waals surface area contributed by atoms with Gasteiger partial charge < -0.3 is 10.2 Å². The molecular formula is C18H21N3O3S. The van der Waals surface area contributed by atoms with Gasteiger partial charge in [-0.2, -0.15) is 0 Å². The van der Waals surface area contributed by atoms with Crippen molar-refractivity contribution in [2.45, 2.75) is 19.0 Å². The quantitative estimate of drug-likeness (QED) is 0.883. The van der Waals surface area contributed by atoms with Crippen LogP contribution >= 0.6 is 0 Å². The van der Waals surface area contributed by atoms with Crippen LogP contribution in [0, 0.1) is 0 Å². The minimum atomic E-state index is -2.92. The van der Waals surface area contributed by atoms with Crippen molar-refractivity contribution in [1.82, 2.24) is 9.88 Å². The van der Waals surface area contributed by atoms with Crippen molar-refractivity contribution in [3.8, 4) is 0 Å². The van der Waals surface area contributed by atoms with Gasteiger partial charge in [-0.1, -0.05) is 30.3 Å². The third-order valence-corrected chi connectivity index (χ3v) is 5.96. The van der Waals surface area contributed by atoms with Gasteiger partial charge in [0.2, 0.25) is 0 Å². The first-order chi connectivity index (χ1) is 11.9. The second-order valence-electron chi connectivity index (χ2n) is 6.32. The third-order valence-electron chi connectivity index (χ3n) is 4.20. The van der Waals surface area contributed by atoms with Crippen LogP contribution in [-0.2, 0) is 16.4 Å². The van der Waals surface area contributed by atoms with Crippen LogP contribution in [0.3, 0.4) is 0 Å². The number of anilines is 1. The number of aromatic nitrogens is 1. The summed E-state index contributed by atoms with van der Waals surface area (Å²) in [7, 11) is -1.18. The Morgan fingerprint density at radius 3 is 2.60 bits per heavy atom. The molecule has 1 atom stereocenters. The first-order valence-electron chi connectivity index (χ1n) is 8.15. The van der Waals surface area contributed by atoms with Gasteiger partial charge in [-0.25, -0.2) is 13.4 Å². The Bertz CT molecular complexity index is 836. The lowest BCUT2D eigenvalue weighted by atomic mass is 10.2. The molecule has 0 spiro atoms. The van der Waals surface area contributed by atoms with Crippen LogP contribution in [-0.4, -0.2) is 48.8 Å². The molecule has 25 heavy (non-hydrogen) atoms. The molecule has 132 valence electrons. The van der Waals surface area contributed by atoms with Crippen LogP contribution in [0.4, 0.5) is 5.69 Å². The zero-order chi connectivity index (χ0) is 17.9. The molecule has 6 nitrogen and oxygen atoms in total. The largest absolute Gasteiger partial charge is 0.380 e. The van der Waals surface area contributed by atoms with E-state index in [-0.39, 0.29) is 23.5 Å².